The second-order valence-electron chi connectivity index (χ2n) is 7.74. The summed E-state index contributed by atoms with van der Waals surface area (Å²) in [6.07, 6.45) is 10.1. The van der Waals surface area contributed by atoms with Gasteiger partial charge in [0, 0.05) is 38.2 Å². The number of nitrogens with one attached hydrogen (secondary N) is 1. The lowest BCUT2D eigenvalue weighted by atomic mass is 10.0. The number of benzene rings is 1. The fourth-order valence-electron chi connectivity index (χ4n) is 3.80. The fourth-order valence-corrected chi connectivity index (χ4v) is 3.80. The summed E-state index contributed by atoms with van der Waals surface area (Å²) >= 11 is 0. The normalized spacial score (nSPS) is 14.1. The van der Waals surface area contributed by atoms with Crippen LogP contribution in [0, 0.1) is 6.92 Å². The van der Waals surface area contributed by atoms with E-state index >= 15 is 0 Å². The number of aliphatic imine (C=N–C) groups is 1. The van der Waals surface area contributed by atoms with Gasteiger partial charge in [0.15, 0.2) is 5.96 Å². The largest absolute Gasteiger partial charge is 0.357 e. The average molecular weight is 542 g/mol. The minimum atomic E-state index is 0. The van der Waals surface area contributed by atoms with Crippen molar-refractivity contribution in [1.29, 1.82) is 0 Å². The van der Waals surface area contributed by atoms with E-state index in [2.05, 4.69) is 69.6 Å². The van der Waals surface area contributed by atoms with Crippen molar-refractivity contribution in [2.45, 2.75) is 33.2 Å². The predicted molar refractivity (Wildman–Crippen MR) is 142 cm³/mol. The number of halogens is 1. The molecule has 0 saturated carbocycles. The molecule has 0 amide bonds. The second kappa shape index (κ2) is 11.8. The number of hydrogen-bond acceptors (Lipinski definition) is 3. The third-order valence-electron chi connectivity index (χ3n) is 5.50. The van der Waals surface area contributed by atoms with Crippen molar-refractivity contribution in [1.82, 2.24) is 24.8 Å². The number of aryl methyl sites for hydroxylation is 1. The number of imidazole rings is 1. The summed E-state index contributed by atoms with van der Waals surface area (Å²) in [7, 11) is 0. The molecule has 0 radical (unpaired) electrons. The first-order chi connectivity index (χ1) is 15.2. The second-order valence-corrected chi connectivity index (χ2v) is 7.74. The van der Waals surface area contributed by atoms with Crippen LogP contribution in [0.2, 0.25) is 0 Å². The molecule has 0 atom stereocenters. The molecule has 1 aromatic carbocycles. The first-order valence-electron chi connectivity index (χ1n) is 11.0. The van der Waals surface area contributed by atoms with Gasteiger partial charge in [0.2, 0.25) is 0 Å². The van der Waals surface area contributed by atoms with Crippen molar-refractivity contribution in [3.05, 3.63) is 83.6 Å². The van der Waals surface area contributed by atoms with Crippen LogP contribution in [-0.2, 0) is 6.54 Å². The van der Waals surface area contributed by atoms with Crippen LogP contribution in [-0.4, -0.2) is 45.0 Å². The van der Waals surface area contributed by atoms with Crippen LogP contribution < -0.4 is 5.32 Å². The Morgan fingerprint density at radius 2 is 1.88 bits per heavy atom. The highest BCUT2D eigenvalue weighted by atomic mass is 127. The molecule has 4 rings (SSSR count). The first-order valence-corrected chi connectivity index (χ1v) is 11.0. The lowest BCUT2D eigenvalue weighted by Gasteiger charge is -2.31. The zero-order valence-corrected chi connectivity index (χ0v) is 21.1. The molecule has 1 aliphatic heterocycles. The molecule has 3 aromatic rings. The van der Waals surface area contributed by atoms with Crippen LogP contribution in [0.5, 0.6) is 0 Å². The lowest BCUT2D eigenvalue weighted by molar-refractivity contribution is 0.375. The van der Waals surface area contributed by atoms with Crippen LogP contribution in [0.1, 0.15) is 36.7 Å². The molecule has 1 N–H and O–H groups in total. The molecule has 1 aliphatic rings. The van der Waals surface area contributed by atoms with Gasteiger partial charge < -0.3 is 10.2 Å². The van der Waals surface area contributed by atoms with Crippen molar-refractivity contribution in [3.63, 3.8) is 0 Å². The summed E-state index contributed by atoms with van der Waals surface area (Å²) in [5.41, 5.74) is 3.89. The van der Waals surface area contributed by atoms with Gasteiger partial charge in [-0.1, -0.05) is 48.0 Å². The molecule has 0 aliphatic carbocycles. The molecule has 3 heterocycles. The molecule has 168 valence electrons. The number of rotatable bonds is 5. The van der Waals surface area contributed by atoms with Gasteiger partial charge in [-0.15, -0.1) is 24.0 Å². The molecule has 2 aromatic heterocycles. The Morgan fingerprint density at radius 1 is 1.09 bits per heavy atom. The zero-order chi connectivity index (χ0) is 21.5. The maximum absolute atomic E-state index is 4.88. The molecule has 1 fully saturated rings. The topological polar surface area (TPSA) is 58.3 Å². The third kappa shape index (κ3) is 6.18. The summed E-state index contributed by atoms with van der Waals surface area (Å²) in [5, 5.41) is 3.45. The van der Waals surface area contributed by atoms with Crippen molar-refractivity contribution in [2.75, 3.05) is 19.6 Å². The molecular weight excluding hydrogens is 511 g/mol. The van der Waals surface area contributed by atoms with E-state index in [1.54, 1.807) is 6.20 Å². The number of aromatic nitrogens is 3. The van der Waals surface area contributed by atoms with Gasteiger partial charge in [0.25, 0.3) is 0 Å². The summed E-state index contributed by atoms with van der Waals surface area (Å²) in [6.45, 7) is 7.54. The van der Waals surface area contributed by atoms with E-state index < -0.39 is 0 Å². The van der Waals surface area contributed by atoms with Gasteiger partial charge in [-0.2, -0.15) is 0 Å². The summed E-state index contributed by atoms with van der Waals surface area (Å²) in [5.74, 6) is 2.79. The van der Waals surface area contributed by atoms with Gasteiger partial charge in [-0.05, 0) is 43.9 Å². The molecular formula is C25H31IN6. The number of hydrogen-bond donors (Lipinski definition) is 1. The van der Waals surface area contributed by atoms with E-state index in [1.165, 1.54) is 11.1 Å². The summed E-state index contributed by atoms with van der Waals surface area (Å²) in [4.78, 5) is 16.1. The minimum Gasteiger partial charge on any atom is -0.357 e. The highest BCUT2D eigenvalue weighted by molar-refractivity contribution is 14.0. The van der Waals surface area contributed by atoms with E-state index in [4.69, 9.17) is 4.99 Å². The van der Waals surface area contributed by atoms with Crippen LogP contribution in [0.25, 0.3) is 11.9 Å². The van der Waals surface area contributed by atoms with Crippen molar-refractivity contribution >= 4 is 36.0 Å². The SMILES string of the molecule is CCNC(=NCc1ccc(-n2ccnc2C)nc1)N1CCC(=Cc2ccccc2)CC1.I. The Hall–Kier alpha value is -2.68. The van der Waals surface area contributed by atoms with Crippen molar-refractivity contribution in [3.8, 4) is 5.82 Å². The smallest absolute Gasteiger partial charge is 0.194 e. The quantitative estimate of drug-likeness (QED) is 0.285. The Labute approximate surface area is 207 Å². The molecule has 32 heavy (non-hydrogen) atoms. The van der Waals surface area contributed by atoms with Gasteiger partial charge >= 0.3 is 0 Å². The molecule has 7 heteroatoms. The van der Waals surface area contributed by atoms with Crippen LogP contribution in [0.15, 0.2) is 71.6 Å². The number of pyridine rings is 1. The van der Waals surface area contributed by atoms with Crippen LogP contribution >= 0.6 is 24.0 Å². The number of nitrogens with zero attached hydrogens (tertiary/aromatic N) is 5. The minimum absolute atomic E-state index is 0. The van der Waals surface area contributed by atoms with Crippen molar-refractivity contribution < 1.29 is 0 Å². The van der Waals surface area contributed by atoms with E-state index in [-0.39, 0.29) is 24.0 Å². The monoisotopic (exact) mass is 542 g/mol. The predicted octanol–water partition coefficient (Wildman–Crippen LogP) is 4.84. The van der Waals surface area contributed by atoms with E-state index in [0.29, 0.717) is 6.54 Å². The van der Waals surface area contributed by atoms with Gasteiger partial charge in [-0.25, -0.2) is 15.0 Å². The van der Waals surface area contributed by atoms with E-state index in [0.717, 1.165) is 55.6 Å². The third-order valence-corrected chi connectivity index (χ3v) is 5.50. The number of piperidine rings is 1. The molecule has 0 unspecified atom stereocenters. The molecule has 0 spiro atoms. The van der Waals surface area contributed by atoms with Gasteiger partial charge in [-0.3, -0.25) is 4.57 Å². The fraction of sp³-hybridized carbons (Fsp3) is 0.320. The maximum atomic E-state index is 4.88. The Balaban J connectivity index is 0.00000289. The van der Waals surface area contributed by atoms with Gasteiger partial charge in [0.05, 0.1) is 6.54 Å². The molecule has 0 bridgehead atoms. The molecule has 1 saturated heterocycles. The van der Waals surface area contributed by atoms with Crippen LogP contribution in [0.3, 0.4) is 0 Å². The first kappa shape index (κ1) is 24.0. The maximum Gasteiger partial charge on any atom is 0.194 e. The van der Waals surface area contributed by atoms with Crippen molar-refractivity contribution in [2.24, 2.45) is 4.99 Å². The Kier molecular flexibility index (Phi) is 8.84. The summed E-state index contributed by atoms with van der Waals surface area (Å²) < 4.78 is 1.98. The number of guanidine groups is 1. The van der Waals surface area contributed by atoms with Crippen LogP contribution in [0.4, 0.5) is 0 Å². The van der Waals surface area contributed by atoms with Gasteiger partial charge in [0.1, 0.15) is 11.6 Å². The van der Waals surface area contributed by atoms with E-state index in [1.807, 2.05) is 30.0 Å². The Morgan fingerprint density at radius 3 is 2.50 bits per heavy atom. The standard InChI is InChI=1S/C25H30N6.HI/c1-3-26-25(30-14-11-22(12-15-30)17-21-7-5-4-6-8-21)29-19-23-9-10-24(28-18-23)31-16-13-27-20(31)2;/h4-10,13,16-18H,3,11-12,14-15,19H2,1-2H3,(H,26,29);1H. The number of likely N-dealkylation sites (tertiary alicyclic amines) is 1. The highest BCUT2D eigenvalue weighted by Crippen LogP contribution is 2.19. The highest BCUT2D eigenvalue weighted by Gasteiger charge is 2.17. The zero-order valence-electron chi connectivity index (χ0n) is 18.7. The average Bonchev–Trinajstić information content (AvgIpc) is 3.24. The Bertz CT molecular complexity index is 1030. The lowest BCUT2D eigenvalue weighted by Crippen LogP contribution is -2.44. The molecule has 6 nitrogen and oxygen atoms in total. The van der Waals surface area contributed by atoms with E-state index in [9.17, 15) is 0 Å². The summed E-state index contributed by atoms with van der Waals surface area (Å²) in [6, 6.07) is 14.7.